The second-order valence-corrected chi connectivity index (χ2v) is 14.5. The minimum atomic E-state index is -0.654. The number of carbonyl (C=O) groups is 4. The molecule has 1 fully saturated rings. The van der Waals surface area contributed by atoms with E-state index in [1.54, 1.807) is 16.2 Å². The van der Waals surface area contributed by atoms with Crippen molar-refractivity contribution >= 4 is 58.0 Å². The smallest absolute Gasteiger partial charge is 0.257 e. The summed E-state index contributed by atoms with van der Waals surface area (Å²) in [5.74, 6) is 0.295. The number of amides is 4. The largest absolute Gasteiger partial charge is 0.384 e. The average molecular weight is 713 g/mol. The van der Waals surface area contributed by atoms with E-state index < -0.39 is 18.0 Å². The Morgan fingerprint density at radius 1 is 1.02 bits per heavy atom. The summed E-state index contributed by atoms with van der Waals surface area (Å²) in [6.07, 6.45) is 2.13. The number of thiophene rings is 1. The topological polar surface area (TPSA) is 151 Å². The highest BCUT2D eigenvalue weighted by molar-refractivity contribution is 7.15. The number of carbonyl (C=O) groups excluding carboxylic acids is 4. The van der Waals surface area contributed by atoms with Crippen LogP contribution in [0.15, 0.2) is 47.5 Å². The summed E-state index contributed by atoms with van der Waals surface area (Å²) in [6, 6.07) is 12.0. The van der Waals surface area contributed by atoms with E-state index in [0.717, 1.165) is 51.6 Å². The third-order valence-corrected chi connectivity index (χ3v) is 11.0. The average Bonchev–Trinajstić information content (AvgIpc) is 3.70. The minimum Gasteiger partial charge on any atom is -0.384 e. The van der Waals surface area contributed by atoms with Crippen LogP contribution in [0.5, 0.6) is 0 Å². The molecule has 2 atom stereocenters. The number of nitrogens with one attached hydrogen (secondary N) is 3. The van der Waals surface area contributed by atoms with Gasteiger partial charge in [-0.3, -0.25) is 34.1 Å². The maximum absolute atomic E-state index is 13.4. The van der Waals surface area contributed by atoms with Gasteiger partial charge in [0.15, 0.2) is 5.82 Å². The van der Waals surface area contributed by atoms with Gasteiger partial charge in [0.05, 0.1) is 17.7 Å². The van der Waals surface area contributed by atoms with Crippen molar-refractivity contribution in [2.75, 3.05) is 18.4 Å². The van der Waals surface area contributed by atoms with Crippen LogP contribution in [-0.4, -0.2) is 68.1 Å². The lowest BCUT2D eigenvalue weighted by Gasteiger charge is -2.29. The van der Waals surface area contributed by atoms with Crippen molar-refractivity contribution in [2.45, 2.75) is 71.5 Å². The predicted molar refractivity (Wildman–Crippen MR) is 191 cm³/mol. The van der Waals surface area contributed by atoms with Gasteiger partial charge in [0, 0.05) is 52.8 Å². The van der Waals surface area contributed by atoms with Crippen molar-refractivity contribution in [1.29, 1.82) is 0 Å². The molecule has 4 amide bonds. The number of benzene rings is 2. The van der Waals surface area contributed by atoms with Gasteiger partial charge in [-0.2, -0.15) is 0 Å². The molecule has 12 nitrogen and oxygen atoms in total. The fourth-order valence-electron chi connectivity index (χ4n) is 6.84. The highest BCUT2D eigenvalue weighted by atomic mass is 35.5. The molecule has 3 N–H and O–H groups in total. The number of hydrogen-bond donors (Lipinski definition) is 3. The number of piperidine rings is 1. The van der Waals surface area contributed by atoms with Crippen LogP contribution in [-0.2, 0) is 20.9 Å². The SMILES string of the molecule is Cc1sc2c(c1C)C(c1ccc(Cl)cc1)=N[C@@H](CC(=O)NCCCCNc1cccc3c1C(=O)N(C1CCC(=O)NC1=O)C3)c1nnc(C)n1-2. The van der Waals surface area contributed by atoms with Crippen LogP contribution < -0.4 is 16.0 Å². The highest BCUT2D eigenvalue weighted by Crippen LogP contribution is 2.39. The zero-order valence-corrected chi connectivity index (χ0v) is 29.6. The molecule has 3 aliphatic heterocycles. The van der Waals surface area contributed by atoms with Gasteiger partial charge in [-0.05, 0) is 69.4 Å². The summed E-state index contributed by atoms with van der Waals surface area (Å²) in [5.41, 5.74) is 6.00. The Morgan fingerprint density at radius 2 is 1.80 bits per heavy atom. The maximum atomic E-state index is 13.4. The molecule has 1 saturated heterocycles. The van der Waals surface area contributed by atoms with Crippen LogP contribution in [0.4, 0.5) is 5.69 Å². The molecule has 4 aromatic rings. The van der Waals surface area contributed by atoms with Gasteiger partial charge in [0.2, 0.25) is 17.7 Å². The normalized spacial score (nSPS) is 18.2. The van der Waals surface area contributed by atoms with Crippen molar-refractivity contribution in [3.63, 3.8) is 0 Å². The first-order valence-electron chi connectivity index (χ1n) is 16.7. The van der Waals surface area contributed by atoms with Gasteiger partial charge in [-0.1, -0.05) is 35.9 Å². The summed E-state index contributed by atoms with van der Waals surface area (Å²) in [6.45, 7) is 7.51. The quantitative estimate of drug-likeness (QED) is 0.155. The van der Waals surface area contributed by atoms with Crippen molar-refractivity contribution < 1.29 is 19.2 Å². The van der Waals surface area contributed by atoms with Gasteiger partial charge < -0.3 is 15.5 Å². The molecule has 0 radical (unpaired) electrons. The first-order chi connectivity index (χ1) is 24.1. The highest BCUT2D eigenvalue weighted by Gasteiger charge is 2.40. The van der Waals surface area contributed by atoms with E-state index in [-0.39, 0.29) is 30.6 Å². The number of rotatable bonds is 10. The lowest BCUT2D eigenvalue weighted by atomic mass is 9.99. The number of halogens is 1. The van der Waals surface area contributed by atoms with Crippen molar-refractivity contribution in [1.82, 2.24) is 30.3 Å². The number of aromatic nitrogens is 3. The third kappa shape index (κ3) is 6.31. The Bertz CT molecular complexity index is 2050. The zero-order valence-electron chi connectivity index (χ0n) is 28.0. The number of aliphatic imine (C=N–C) groups is 1. The molecule has 0 saturated carbocycles. The number of imide groups is 1. The summed E-state index contributed by atoms with van der Waals surface area (Å²) < 4.78 is 2.03. The van der Waals surface area contributed by atoms with Gasteiger partial charge >= 0.3 is 0 Å². The first-order valence-corrected chi connectivity index (χ1v) is 17.9. The monoisotopic (exact) mass is 712 g/mol. The molecule has 7 rings (SSSR count). The van der Waals surface area contributed by atoms with E-state index in [4.69, 9.17) is 16.6 Å². The molecule has 5 heterocycles. The lowest BCUT2D eigenvalue weighted by Crippen LogP contribution is -2.52. The van der Waals surface area contributed by atoms with Crippen molar-refractivity contribution in [3.8, 4) is 5.00 Å². The van der Waals surface area contributed by atoms with Crippen molar-refractivity contribution in [2.24, 2.45) is 4.99 Å². The van der Waals surface area contributed by atoms with E-state index in [0.29, 0.717) is 48.2 Å². The molecule has 1 unspecified atom stereocenters. The Labute approximate surface area is 298 Å². The Hall–Kier alpha value is -4.88. The van der Waals surface area contributed by atoms with Crippen LogP contribution in [0.3, 0.4) is 0 Å². The van der Waals surface area contributed by atoms with Gasteiger partial charge in [0.25, 0.3) is 5.91 Å². The van der Waals surface area contributed by atoms with Crippen molar-refractivity contribution in [3.05, 3.63) is 91.8 Å². The number of hydrogen-bond acceptors (Lipinski definition) is 9. The Kier molecular flexibility index (Phi) is 9.27. The minimum absolute atomic E-state index is 0.113. The number of anilines is 1. The standard InChI is InChI=1S/C36H37ClN8O4S/c1-19-20(2)50-36-30(19)32(22-9-11-24(37)12-10-22)40-26(33-43-42-21(3)45(33)36)17-29(47)39-16-5-4-15-38-25-8-6-7-23-18-44(35(49)31(23)25)27-13-14-28(46)41-34(27)48/h6-12,26-27,38H,4-5,13-18H2,1-3H3,(H,39,47)(H,41,46,48)/t26-,27?/m0/s1. The fourth-order valence-corrected chi connectivity index (χ4v) is 8.18. The van der Waals surface area contributed by atoms with E-state index in [1.807, 2.05) is 54.0 Å². The fraction of sp³-hybridized carbons (Fsp3) is 0.361. The molecule has 2 aromatic heterocycles. The molecule has 0 bridgehead atoms. The molecule has 14 heteroatoms. The van der Waals surface area contributed by atoms with E-state index in [9.17, 15) is 19.2 Å². The summed E-state index contributed by atoms with van der Waals surface area (Å²) >= 11 is 7.89. The predicted octanol–water partition coefficient (Wildman–Crippen LogP) is 4.96. The van der Waals surface area contributed by atoms with Gasteiger partial charge in [-0.25, -0.2) is 0 Å². The number of fused-ring (bicyclic) bond motifs is 4. The van der Waals surface area contributed by atoms with Crippen LogP contribution in [0.2, 0.25) is 5.02 Å². The maximum Gasteiger partial charge on any atom is 0.257 e. The number of nitrogens with zero attached hydrogens (tertiary/aromatic N) is 5. The summed E-state index contributed by atoms with van der Waals surface area (Å²) in [4.78, 5) is 58.6. The second-order valence-electron chi connectivity index (χ2n) is 12.8. The van der Waals surface area contributed by atoms with Crippen LogP contribution >= 0.6 is 22.9 Å². The van der Waals surface area contributed by atoms with Crippen LogP contribution in [0, 0.1) is 20.8 Å². The molecular formula is C36H37ClN8O4S. The molecular weight excluding hydrogens is 676 g/mol. The van der Waals surface area contributed by atoms with Crippen LogP contribution in [0.25, 0.3) is 5.00 Å². The molecule has 0 spiro atoms. The molecule has 0 aliphatic carbocycles. The molecule has 3 aliphatic rings. The summed E-state index contributed by atoms with van der Waals surface area (Å²) in [7, 11) is 0. The number of aryl methyl sites for hydroxylation is 2. The van der Waals surface area contributed by atoms with E-state index in [1.165, 1.54) is 4.88 Å². The molecule has 50 heavy (non-hydrogen) atoms. The lowest BCUT2D eigenvalue weighted by molar-refractivity contribution is -0.137. The van der Waals surface area contributed by atoms with E-state index in [2.05, 4.69) is 40.0 Å². The first kappa shape index (κ1) is 33.6. The second kappa shape index (κ2) is 13.8. The van der Waals surface area contributed by atoms with Crippen LogP contribution in [0.1, 0.15) is 87.3 Å². The van der Waals surface area contributed by atoms with E-state index >= 15 is 0 Å². The molecule has 258 valence electrons. The van der Waals surface area contributed by atoms with Gasteiger partial charge in [-0.15, -0.1) is 21.5 Å². The number of unbranched alkanes of at least 4 members (excludes halogenated alkanes) is 1. The van der Waals surface area contributed by atoms with Gasteiger partial charge in [0.1, 0.15) is 22.9 Å². The molecule has 2 aromatic carbocycles. The Morgan fingerprint density at radius 3 is 2.58 bits per heavy atom. The third-order valence-electron chi connectivity index (χ3n) is 9.53. The summed E-state index contributed by atoms with van der Waals surface area (Å²) in [5, 5.41) is 19.3. The Balaban J connectivity index is 0.973. The zero-order chi connectivity index (χ0) is 35.1.